The van der Waals surface area contributed by atoms with Gasteiger partial charge in [-0.3, -0.25) is 14.6 Å². The third-order valence-corrected chi connectivity index (χ3v) is 6.16. The molecule has 1 saturated heterocycles. The van der Waals surface area contributed by atoms with E-state index in [2.05, 4.69) is 4.98 Å². The van der Waals surface area contributed by atoms with Crippen LogP contribution in [0.15, 0.2) is 60.1 Å². The number of aromatic nitrogens is 1. The molecule has 1 aromatic heterocycles. The molecule has 0 radical (unpaired) electrons. The third kappa shape index (κ3) is 4.61. The van der Waals surface area contributed by atoms with Gasteiger partial charge in [0.15, 0.2) is 5.13 Å². The maximum atomic E-state index is 13.7. The molecular weight excluding hydrogens is 410 g/mol. The van der Waals surface area contributed by atoms with Crippen LogP contribution < -0.4 is 4.90 Å². The number of anilines is 2. The van der Waals surface area contributed by atoms with Crippen molar-refractivity contribution >= 4 is 34.2 Å². The van der Waals surface area contributed by atoms with E-state index in [0.717, 1.165) is 28.8 Å². The van der Waals surface area contributed by atoms with Crippen LogP contribution in [0.1, 0.15) is 29.5 Å². The molecule has 0 spiro atoms. The van der Waals surface area contributed by atoms with E-state index in [4.69, 9.17) is 4.74 Å². The molecule has 4 rings (SSSR count). The predicted octanol–water partition coefficient (Wildman–Crippen LogP) is 5.23. The molecule has 1 fully saturated rings. The fourth-order valence-corrected chi connectivity index (χ4v) is 4.55. The number of aryl methyl sites for hydroxylation is 2. The van der Waals surface area contributed by atoms with E-state index in [9.17, 15) is 9.59 Å². The Bertz CT molecular complexity index is 1050. The smallest absolute Gasteiger partial charge is 0.410 e. The lowest BCUT2D eigenvalue weighted by atomic mass is 10.1. The number of benzene rings is 2. The van der Waals surface area contributed by atoms with Gasteiger partial charge >= 0.3 is 6.09 Å². The Labute approximate surface area is 186 Å². The molecule has 0 N–H and O–H groups in total. The normalized spacial score (nSPS) is 15.7. The van der Waals surface area contributed by atoms with E-state index < -0.39 is 12.1 Å². The number of amides is 2. The predicted molar refractivity (Wildman–Crippen MR) is 122 cm³/mol. The van der Waals surface area contributed by atoms with Crippen molar-refractivity contribution in [2.24, 2.45) is 0 Å². The van der Waals surface area contributed by atoms with E-state index in [1.54, 1.807) is 16.0 Å². The summed E-state index contributed by atoms with van der Waals surface area (Å²) in [4.78, 5) is 34.1. The molecule has 2 heterocycles. The molecule has 1 atom stereocenters. The summed E-state index contributed by atoms with van der Waals surface area (Å²) in [6, 6.07) is 14.9. The largest absolute Gasteiger partial charge is 0.445 e. The maximum Gasteiger partial charge on any atom is 0.410 e. The van der Waals surface area contributed by atoms with Gasteiger partial charge in [0, 0.05) is 18.1 Å². The van der Waals surface area contributed by atoms with E-state index in [1.165, 1.54) is 11.3 Å². The first-order valence-electron chi connectivity index (χ1n) is 10.3. The van der Waals surface area contributed by atoms with E-state index >= 15 is 0 Å². The fourth-order valence-electron chi connectivity index (χ4n) is 3.89. The highest BCUT2D eigenvalue weighted by molar-refractivity contribution is 7.13. The van der Waals surface area contributed by atoms with E-state index in [-0.39, 0.29) is 12.5 Å². The fraction of sp³-hybridized carbons (Fsp3) is 0.292. The minimum Gasteiger partial charge on any atom is -0.445 e. The van der Waals surface area contributed by atoms with Gasteiger partial charge in [-0.05, 0) is 43.9 Å². The Morgan fingerprint density at radius 3 is 2.71 bits per heavy atom. The summed E-state index contributed by atoms with van der Waals surface area (Å²) >= 11 is 1.40. The average molecular weight is 436 g/mol. The number of thiazole rings is 1. The summed E-state index contributed by atoms with van der Waals surface area (Å²) in [5.74, 6) is -0.156. The number of hydrogen-bond donors (Lipinski definition) is 0. The van der Waals surface area contributed by atoms with E-state index in [0.29, 0.717) is 18.1 Å². The Hall–Kier alpha value is -3.19. The first-order chi connectivity index (χ1) is 15.0. The van der Waals surface area contributed by atoms with Crippen LogP contribution in [0.3, 0.4) is 0 Å². The molecule has 0 saturated carbocycles. The molecular formula is C24H25N3O3S. The van der Waals surface area contributed by atoms with Crippen molar-refractivity contribution in [3.63, 3.8) is 0 Å². The van der Waals surface area contributed by atoms with Crippen molar-refractivity contribution in [3.8, 4) is 0 Å². The number of carbonyl (C=O) groups excluding carboxylic acids is 2. The molecule has 3 aromatic rings. The van der Waals surface area contributed by atoms with Crippen molar-refractivity contribution in [2.75, 3.05) is 11.4 Å². The van der Waals surface area contributed by atoms with Crippen LogP contribution in [0.25, 0.3) is 0 Å². The second kappa shape index (κ2) is 9.31. The number of hydrogen-bond acceptors (Lipinski definition) is 5. The summed E-state index contributed by atoms with van der Waals surface area (Å²) in [6.07, 6.45) is 2.59. The average Bonchev–Trinajstić information content (AvgIpc) is 3.47. The van der Waals surface area contributed by atoms with Crippen molar-refractivity contribution < 1.29 is 14.3 Å². The van der Waals surface area contributed by atoms with Gasteiger partial charge in [-0.2, -0.15) is 0 Å². The lowest BCUT2D eigenvalue weighted by Gasteiger charge is -2.29. The number of likely N-dealkylation sites (tertiary alicyclic amines) is 1. The number of ether oxygens (including phenoxy) is 1. The zero-order valence-electron chi connectivity index (χ0n) is 17.7. The highest BCUT2D eigenvalue weighted by Crippen LogP contribution is 2.33. The van der Waals surface area contributed by atoms with Crippen LogP contribution in [-0.4, -0.2) is 34.5 Å². The number of nitrogens with zero attached hydrogens (tertiary/aromatic N) is 3. The SMILES string of the molecule is Cc1ccc(N(C(=O)C2CCCN2C(=O)OCc2ccccc2)c2nccs2)c(C)c1. The van der Waals surface area contributed by atoms with Gasteiger partial charge in [-0.15, -0.1) is 11.3 Å². The lowest BCUT2D eigenvalue weighted by Crippen LogP contribution is -2.46. The van der Waals surface area contributed by atoms with Crippen LogP contribution in [0, 0.1) is 13.8 Å². The van der Waals surface area contributed by atoms with Crippen LogP contribution in [-0.2, 0) is 16.1 Å². The summed E-state index contributed by atoms with van der Waals surface area (Å²) in [7, 11) is 0. The molecule has 2 amide bonds. The standard InChI is InChI=1S/C24H25N3O3S/c1-17-10-11-20(18(2)15-17)27(23-25-12-14-31-23)22(28)21-9-6-13-26(21)24(29)30-16-19-7-4-3-5-8-19/h3-5,7-8,10-12,14-15,21H,6,9,13,16H2,1-2H3. The minimum atomic E-state index is -0.576. The summed E-state index contributed by atoms with van der Waals surface area (Å²) in [5.41, 5.74) is 3.81. The zero-order valence-corrected chi connectivity index (χ0v) is 18.5. The molecule has 7 heteroatoms. The second-order valence-electron chi connectivity index (χ2n) is 7.67. The first kappa shape index (κ1) is 21.1. The van der Waals surface area contributed by atoms with Crippen LogP contribution in [0.4, 0.5) is 15.6 Å². The van der Waals surface area contributed by atoms with Gasteiger partial charge in [0.05, 0.1) is 5.69 Å². The zero-order chi connectivity index (χ0) is 21.8. The Balaban J connectivity index is 1.56. The van der Waals surface area contributed by atoms with Crippen molar-refractivity contribution in [1.82, 2.24) is 9.88 Å². The Kier molecular flexibility index (Phi) is 6.32. The molecule has 0 aliphatic carbocycles. The molecule has 1 unspecified atom stereocenters. The van der Waals surface area contributed by atoms with Crippen molar-refractivity contribution in [2.45, 2.75) is 39.3 Å². The molecule has 31 heavy (non-hydrogen) atoms. The molecule has 2 aromatic carbocycles. The van der Waals surface area contributed by atoms with Crippen LogP contribution in [0.2, 0.25) is 0 Å². The van der Waals surface area contributed by atoms with Gasteiger partial charge in [-0.1, -0.05) is 48.0 Å². The second-order valence-corrected chi connectivity index (χ2v) is 8.54. The van der Waals surface area contributed by atoms with Gasteiger partial charge in [0.25, 0.3) is 5.91 Å². The summed E-state index contributed by atoms with van der Waals surface area (Å²) in [6.45, 7) is 4.69. The molecule has 1 aliphatic rings. The van der Waals surface area contributed by atoms with Crippen molar-refractivity contribution in [1.29, 1.82) is 0 Å². The minimum absolute atomic E-state index is 0.156. The summed E-state index contributed by atoms with van der Waals surface area (Å²) in [5, 5.41) is 2.45. The highest BCUT2D eigenvalue weighted by Gasteiger charge is 2.39. The monoisotopic (exact) mass is 435 g/mol. The number of rotatable bonds is 5. The van der Waals surface area contributed by atoms with Crippen molar-refractivity contribution in [3.05, 3.63) is 76.8 Å². The molecule has 160 valence electrons. The van der Waals surface area contributed by atoms with Gasteiger partial charge in [0.2, 0.25) is 0 Å². The first-order valence-corrected chi connectivity index (χ1v) is 11.2. The number of carbonyl (C=O) groups is 2. The topological polar surface area (TPSA) is 62.7 Å². The summed E-state index contributed by atoms with van der Waals surface area (Å²) < 4.78 is 5.51. The highest BCUT2D eigenvalue weighted by atomic mass is 32.1. The molecule has 6 nitrogen and oxygen atoms in total. The third-order valence-electron chi connectivity index (χ3n) is 5.40. The maximum absolute atomic E-state index is 13.7. The lowest BCUT2D eigenvalue weighted by molar-refractivity contribution is -0.121. The molecule has 0 bridgehead atoms. The Morgan fingerprint density at radius 1 is 1.19 bits per heavy atom. The quantitative estimate of drug-likeness (QED) is 0.551. The molecule has 1 aliphatic heterocycles. The van der Waals surface area contributed by atoms with Crippen LogP contribution >= 0.6 is 11.3 Å². The van der Waals surface area contributed by atoms with Gasteiger partial charge in [-0.25, -0.2) is 9.78 Å². The Morgan fingerprint density at radius 2 is 2.00 bits per heavy atom. The van der Waals surface area contributed by atoms with E-state index in [1.807, 2.05) is 67.8 Å². The van der Waals surface area contributed by atoms with Crippen LogP contribution in [0.5, 0.6) is 0 Å². The van der Waals surface area contributed by atoms with Gasteiger partial charge < -0.3 is 4.74 Å². The van der Waals surface area contributed by atoms with Gasteiger partial charge in [0.1, 0.15) is 12.6 Å².